The molecule has 0 bridgehead atoms. The van der Waals surface area contributed by atoms with Crippen LogP contribution < -0.4 is 5.73 Å². The van der Waals surface area contributed by atoms with Gasteiger partial charge in [-0.3, -0.25) is 9.35 Å². The minimum absolute atomic E-state index is 0.359. The van der Waals surface area contributed by atoms with Gasteiger partial charge in [0.25, 0.3) is 5.91 Å². The van der Waals surface area contributed by atoms with Crippen molar-refractivity contribution in [3.8, 4) is 0 Å². The lowest BCUT2D eigenvalue weighted by atomic mass is 10.0. The molecule has 0 aromatic rings. The standard InChI is InChI=1S/C4H8N2O4S/c1-2-3(5)4(7)6(2)11(8,9)10/h2-3H,5H2,1H3,(H,8,9,10)/t2-,3+/m0/s1. The molecule has 1 rings (SSSR count). The van der Waals surface area contributed by atoms with Crippen LogP contribution in [0, 0.1) is 0 Å². The molecule has 1 fully saturated rings. The number of carbonyl (C=O) groups excluding carboxylic acids is 1. The van der Waals surface area contributed by atoms with Crippen LogP contribution in [-0.4, -0.2) is 35.3 Å². The molecule has 0 unspecified atom stereocenters. The Morgan fingerprint density at radius 2 is 2.09 bits per heavy atom. The van der Waals surface area contributed by atoms with Gasteiger partial charge >= 0.3 is 10.3 Å². The summed E-state index contributed by atoms with van der Waals surface area (Å²) in [5, 5.41) is 0. The zero-order valence-electron chi connectivity index (χ0n) is 5.76. The summed E-state index contributed by atoms with van der Waals surface area (Å²) in [6.45, 7) is 1.44. The van der Waals surface area contributed by atoms with Gasteiger partial charge in [0.2, 0.25) is 0 Å². The van der Waals surface area contributed by atoms with E-state index >= 15 is 0 Å². The van der Waals surface area contributed by atoms with Crippen LogP contribution in [0.25, 0.3) is 0 Å². The Hall–Kier alpha value is -0.660. The molecule has 1 heterocycles. The van der Waals surface area contributed by atoms with Crippen LogP contribution in [0.4, 0.5) is 0 Å². The molecule has 0 aliphatic carbocycles. The van der Waals surface area contributed by atoms with Crippen LogP contribution in [-0.2, 0) is 15.1 Å². The van der Waals surface area contributed by atoms with Crippen LogP contribution in [0.2, 0.25) is 0 Å². The average Bonchev–Trinajstić information content (AvgIpc) is 1.85. The van der Waals surface area contributed by atoms with Gasteiger partial charge in [-0.05, 0) is 6.92 Å². The molecule has 1 amide bonds. The molecule has 0 saturated carbocycles. The molecule has 1 aliphatic rings. The summed E-state index contributed by atoms with van der Waals surface area (Å²) in [6, 6.07) is -1.45. The Morgan fingerprint density at radius 3 is 2.27 bits per heavy atom. The topological polar surface area (TPSA) is 101 Å². The van der Waals surface area contributed by atoms with Crippen LogP contribution in [0.5, 0.6) is 0 Å². The maximum Gasteiger partial charge on any atom is 0.362 e. The fraction of sp³-hybridized carbons (Fsp3) is 0.750. The smallest absolute Gasteiger partial charge is 0.318 e. The summed E-state index contributed by atoms with van der Waals surface area (Å²) in [7, 11) is -4.39. The predicted molar refractivity (Wildman–Crippen MR) is 35.8 cm³/mol. The molecule has 2 atom stereocenters. The molecule has 0 radical (unpaired) electrons. The summed E-state index contributed by atoms with van der Waals surface area (Å²) < 4.78 is 29.5. The SMILES string of the molecule is C[C@H]1[C@@H](N)C(=O)N1S(=O)(=O)O. The number of nitrogens with zero attached hydrogens (tertiary/aromatic N) is 1. The zero-order valence-corrected chi connectivity index (χ0v) is 6.58. The highest BCUT2D eigenvalue weighted by Crippen LogP contribution is 2.20. The Labute approximate surface area is 63.9 Å². The minimum Gasteiger partial charge on any atom is -0.318 e. The molecule has 0 spiro atoms. The van der Waals surface area contributed by atoms with Gasteiger partial charge in [-0.1, -0.05) is 0 Å². The average molecular weight is 180 g/mol. The van der Waals surface area contributed by atoms with E-state index in [0.29, 0.717) is 4.31 Å². The second-order valence-corrected chi connectivity index (χ2v) is 3.67. The molecule has 0 aromatic heterocycles. The second-order valence-electron chi connectivity index (χ2n) is 2.38. The summed E-state index contributed by atoms with van der Waals surface area (Å²) in [6.07, 6.45) is 0. The molecule has 0 aromatic carbocycles. The van der Waals surface area contributed by atoms with Gasteiger partial charge in [0.1, 0.15) is 6.04 Å². The first-order chi connectivity index (χ1) is 4.85. The molecular formula is C4H8N2O4S. The first kappa shape index (κ1) is 8.44. The Bertz CT molecular complexity index is 284. The van der Waals surface area contributed by atoms with Gasteiger partial charge in [-0.15, -0.1) is 0 Å². The predicted octanol–water partition coefficient (Wildman–Crippen LogP) is -1.65. The van der Waals surface area contributed by atoms with Crippen molar-refractivity contribution in [3.05, 3.63) is 0 Å². The normalized spacial score (nSPS) is 31.9. The van der Waals surface area contributed by atoms with Crippen molar-refractivity contribution in [3.63, 3.8) is 0 Å². The van der Waals surface area contributed by atoms with Gasteiger partial charge < -0.3 is 5.73 Å². The van der Waals surface area contributed by atoms with Gasteiger partial charge in [-0.25, -0.2) is 4.31 Å². The summed E-state index contributed by atoms with van der Waals surface area (Å²) in [5.74, 6) is -0.764. The van der Waals surface area contributed by atoms with E-state index in [9.17, 15) is 13.2 Å². The third kappa shape index (κ3) is 1.10. The van der Waals surface area contributed by atoms with E-state index in [-0.39, 0.29) is 0 Å². The first-order valence-corrected chi connectivity index (χ1v) is 4.31. The van der Waals surface area contributed by atoms with E-state index < -0.39 is 28.3 Å². The van der Waals surface area contributed by atoms with Crippen molar-refractivity contribution in [2.45, 2.75) is 19.0 Å². The van der Waals surface area contributed by atoms with E-state index in [0.717, 1.165) is 0 Å². The minimum atomic E-state index is -4.39. The number of amides is 1. The lowest BCUT2D eigenvalue weighted by Gasteiger charge is -2.39. The largest absolute Gasteiger partial charge is 0.362 e. The van der Waals surface area contributed by atoms with Gasteiger partial charge in [-0.2, -0.15) is 8.42 Å². The van der Waals surface area contributed by atoms with Crippen LogP contribution in [0.15, 0.2) is 0 Å². The molecule has 64 valence electrons. The van der Waals surface area contributed by atoms with E-state index in [1.165, 1.54) is 6.92 Å². The van der Waals surface area contributed by atoms with Crippen molar-refractivity contribution in [1.82, 2.24) is 4.31 Å². The van der Waals surface area contributed by atoms with Crippen molar-refractivity contribution in [2.75, 3.05) is 0 Å². The van der Waals surface area contributed by atoms with E-state index in [4.69, 9.17) is 10.3 Å². The maximum atomic E-state index is 10.7. The van der Waals surface area contributed by atoms with Crippen LogP contribution in [0.1, 0.15) is 6.92 Å². The van der Waals surface area contributed by atoms with Crippen molar-refractivity contribution in [2.24, 2.45) is 5.73 Å². The number of hydrogen-bond acceptors (Lipinski definition) is 4. The third-order valence-electron chi connectivity index (χ3n) is 1.64. The van der Waals surface area contributed by atoms with Gasteiger partial charge in [0, 0.05) is 0 Å². The molecule has 1 aliphatic heterocycles. The van der Waals surface area contributed by atoms with Crippen LogP contribution >= 0.6 is 0 Å². The number of β-lactam (4-membered cyclic amide) rings is 1. The maximum absolute atomic E-state index is 10.7. The Morgan fingerprint density at radius 1 is 1.64 bits per heavy atom. The Balaban J connectivity index is 2.88. The van der Waals surface area contributed by atoms with Gasteiger partial charge in [0.15, 0.2) is 0 Å². The number of hydrogen-bond donors (Lipinski definition) is 2. The van der Waals surface area contributed by atoms with E-state index in [1.54, 1.807) is 0 Å². The zero-order chi connectivity index (χ0) is 8.81. The number of carbonyl (C=O) groups is 1. The summed E-state index contributed by atoms with van der Waals surface area (Å²) in [5.41, 5.74) is 5.19. The lowest BCUT2D eigenvalue weighted by molar-refractivity contribution is -0.139. The highest BCUT2D eigenvalue weighted by Gasteiger charge is 2.48. The second kappa shape index (κ2) is 2.16. The summed E-state index contributed by atoms with van der Waals surface area (Å²) in [4.78, 5) is 10.7. The molecular weight excluding hydrogens is 172 g/mol. The van der Waals surface area contributed by atoms with Crippen molar-refractivity contribution < 1.29 is 17.8 Å². The molecule has 1 saturated heterocycles. The first-order valence-electron chi connectivity index (χ1n) is 2.92. The van der Waals surface area contributed by atoms with Crippen molar-refractivity contribution >= 4 is 16.2 Å². The fourth-order valence-electron chi connectivity index (χ4n) is 0.942. The van der Waals surface area contributed by atoms with E-state index in [2.05, 4.69) is 0 Å². The molecule has 7 heteroatoms. The lowest BCUT2D eigenvalue weighted by Crippen LogP contribution is -2.68. The highest BCUT2D eigenvalue weighted by atomic mass is 32.2. The van der Waals surface area contributed by atoms with E-state index in [1.807, 2.05) is 0 Å². The summed E-state index contributed by atoms with van der Waals surface area (Å²) >= 11 is 0. The number of nitrogens with two attached hydrogens (primary N) is 1. The fourth-order valence-corrected chi connectivity index (χ4v) is 1.84. The quantitative estimate of drug-likeness (QED) is 0.372. The third-order valence-corrected chi connectivity index (χ3v) is 2.65. The number of rotatable bonds is 1. The molecule has 11 heavy (non-hydrogen) atoms. The van der Waals surface area contributed by atoms with Crippen LogP contribution in [0.3, 0.4) is 0 Å². The Kier molecular flexibility index (Phi) is 1.66. The molecule has 6 nitrogen and oxygen atoms in total. The van der Waals surface area contributed by atoms with Crippen molar-refractivity contribution in [1.29, 1.82) is 0 Å². The highest BCUT2D eigenvalue weighted by molar-refractivity contribution is 7.84. The molecule has 3 N–H and O–H groups in total. The van der Waals surface area contributed by atoms with Gasteiger partial charge in [0.05, 0.1) is 6.04 Å². The monoisotopic (exact) mass is 180 g/mol.